The Morgan fingerprint density at radius 1 is 1.00 bits per heavy atom. The van der Waals surface area contributed by atoms with Gasteiger partial charge in [0.2, 0.25) is 0 Å². The molecule has 0 heterocycles. The summed E-state index contributed by atoms with van der Waals surface area (Å²) in [6.45, 7) is -1.27. The fraction of sp³-hybridized carbons (Fsp3) is 0.400. The maximum Gasteiger partial charge on any atom is 0.341 e. The van der Waals surface area contributed by atoms with Crippen molar-refractivity contribution in [3.8, 4) is 0 Å². The molecular formula is C15H19O8P. The van der Waals surface area contributed by atoms with Crippen LogP contribution in [0.25, 0.3) is 0 Å². The van der Waals surface area contributed by atoms with E-state index in [1.807, 2.05) is 0 Å². The van der Waals surface area contributed by atoms with Crippen molar-refractivity contribution >= 4 is 25.9 Å². The molecule has 1 unspecified atom stereocenters. The predicted octanol–water partition coefficient (Wildman–Crippen LogP) is 1.83. The monoisotopic (exact) mass is 358 g/mol. The summed E-state index contributed by atoms with van der Waals surface area (Å²) >= 11 is 0. The van der Waals surface area contributed by atoms with Crippen LogP contribution in [-0.2, 0) is 29.8 Å². The molecule has 0 saturated heterocycles. The predicted molar refractivity (Wildman–Crippen MR) is 84.8 cm³/mol. The van der Waals surface area contributed by atoms with Crippen molar-refractivity contribution in [2.75, 3.05) is 19.4 Å². The van der Waals surface area contributed by atoms with Crippen molar-refractivity contribution in [3.63, 3.8) is 0 Å². The second kappa shape index (κ2) is 10.6. The lowest BCUT2D eigenvalue weighted by Gasteiger charge is -2.08. The largest absolute Gasteiger partial charge is 0.480 e. The molecule has 1 atom stereocenters. The summed E-state index contributed by atoms with van der Waals surface area (Å²) in [6.07, 6.45) is 1.96. The molecule has 24 heavy (non-hydrogen) atoms. The summed E-state index contributed by atoms with van der Waals surface area (Å²) in [7, 11) is -2.37. The molecule has 0 aliphatic rings. The Kier molecular flexibility index (Phi) is 8.75. The van der Waals surface area contributed by atoms with E-state index in [0.717, 1.165) is 0 Å². The van der Waals surface area contributed by atoms with E-state index in [1.54, 1.807) is 24.3 Å². The highest BCUT2D eigenvalue weighted by Crippen LogP contribution is 2.24. The molecule has 9 heteroatoms. The summed E-state index contributed by atoms with van der Waals surface area (Å²) in [5, 5.41) is 16.9. The minimum absolute atomic E-state index is 0.267. The summed E-state index contributed by atoms with van der Waals surface area (Å²) in [6, 6.07) is 6.70. The zero-order valence-corrected chi connectivity index (χ0v) is 13.9. The van der Waals surface area contributed by atoms with Gasteiger partial charge >= 0.3 is 17.9 Å². The first-order valence-electron chi connectivity index (χ1n) is 7.24. The van der Waals surface area contributed by atoms with Gasteiger partial charge in [0, 0.05) is 6.16 Å². The average Bonchev–Trinajstić information content (AvgIpc) is 2.55. The van der Waals surface area contributed by atoms with Crippen LogP contribution in [0.4, 0.5) is 0 Å². The van der Waals surface area contributed by atoms with Gasteiger partial charge in [0.1, 0.15) is 0 Å². The molecule has 0 radical (unpaired) electrons. The zero-order valence-electron chi connectivity index (χ0n) is 12.9. The van der Waals surface area contributed by atoms with Crippen LogP contribution in [0.1, 0.15) is 28.8 Å². The molecule has 8 nitrogen and oxygen atoms in total. The first kappa shape index (κ1) is 19.9. The number of carboxylic acids is 2. The minimum Gasteiger partial charge on any atom is -0.480 e. The molecule has 2 N–H and O–H groups in total. The molecule has 0 bridgehead atoms. The number of ether oxygens (including phenoxy) is 1. The topological polar surface area (TPSA) is 127 Å². The number of unbranched alkanes of at least 4 members (excludes halogenated alkanes) is 1. The molecule has 0 aromatic heterocycles. The van der Waals surface area contributed by atoms with E-state index in [1.165, 1.54) is 0 Å². The van der Waals surface area contributed by atoms with Gasteiger partial charge in [-0.2, -0.15) is 0 Å². The molecule has 0 saturated carbocycles. The molecule has 1 aromatic carbocycles. The van der Waals surface area contributed by atoms with E-state index in [4.69, 9.17) is 10.2 Å². The first-order chi connectivity index (χ1) is 11.4. The number of carbonyl (C=O) groups is 3. The normalized spacial score (nSPS) is 11.7. The van der Waals surface area contributed by atoms with Gasteiger partial charge < -0.3 is 19.5 Å². The van der Waals surface area contributed by atoms with Gasteiger partial charge in [-0.15, -0.1) is 0 Å². The van der Waals surface area contributed by atoms with Crippen LogP contribution in [0.3, 0.4) is 0 Å². The maximum atomic E-state index is 11.9. The lowest BCUT2D eigenvalue weighted by atomic mass is 10.0. The lowest BCUT2D eigenvalue weighted by Crippen LogP contribution is -2.14. The number of aliphatic carboxylic acids is 2. The Bertz CT molecular complexity index is 613. The second-order valence-electron chi connectivity index (χ2n) is 4.89. The quantitative estimate of drug-likeness (QED) is 0.348. The Morgan fingerprint density at radius 3 is 2.33 bits per heavy atom. The van der Waals surface area contributed by atoms with Crippen molar-refractivity contribution < 1.29 is 38.4 Å². The highest BCUT2D eigenvalue weighted by molar-refractivity contribution is 7.39. The van der Waals surface area contributed by atoms with Gasteiger partial charge in [0.15, 0.2) is 21.2 Å². The van der Waals surface area contributed by atoms with E-state index in [9.17, 15) is 18.9 Å². The molecule has 0 amide bonds. The number of rotatable bonds is 11. The highest BCUT2D eigenvalue weighted by Gasteiger charge is 2.13. The molecule has 0 spiro atoms. The fourth-order valence-electron chi connectivity index (χ4n) is 1.94. The van der Waals surface area contributed by atoms with Crippen LogP contribution >= 0.6 is 8.03 Å². The van der Waals surface area contributed by atoms with Crippen LogP contribution in [0.15, 0.2) is 24.3 Å². The second-order valence-corrected chi connectivity index (χ2v) is 6.42. The number of benzene rings is 1. The van der Waals surface area contributed by atoms with Crippen molar-refractivity contribution in [2.24, 2.45) is 0 Å². The standard InChI is InChI=1S/C15H19O8P/c16-13(17)9-22-15(20)12-7-2-1-5-11(12)6-3-4-8-24(21)23-10-14(18)19/h1-2,5,7,24H,3-4,6,8-10H2,(H,16,17)(H,18,19). The van der Waals surface area contributed by atoms with E-state index in [0.29, 0.717) is 30.4 Å². The number of hydrogen-bond donors (Lipinski definition) is 2. The molecule has 0 aliphatic carbocycles. The maximum absolute atomic E-state index is 11.9. The lowest BCUT2D eigenvalue weighted by molar-refractivity contribution is -0.140. The molecule has 0 fully saturated rings. The van der Waals surface area contributed by atoms with Crippen LogP contribution in [0.2, 0.25) is 0 Å². The van der Waals surface area contributed by atoms with E-state index in [2.05, 4.69) is 9.26 Å². The third-order valence-electron chi connectivity index (χ3n) is 3.00. The third kappa shape index (κ3) is 7.89. The molecule has 0 aliphatic heterocycles. The summed E-state index contributed by atoms with van der Waals surface area (Å²) in [4.78, 5) is 32.6. The average molecular weight is 358 g/mol. The van der Waals surface area contributed by atoms with Crippen LogP contribution in [-0.4, -0.2) is 47.5 Å². The van der Waals surface area contributed by atoms with Gasteiger partial charge in [-0.05, 0) is 30.9 Å². The van der Waals surface area contributed by atoms with Crippen molar-refractivity contribution in [3.05, 3.63) is 35.4 Å². The zero-order chi connectivity index (χ0) is 17.9. The van der Waals surface area contributed by atoms with Crippen molar-refractivity contribution in [2.45, 2.75) is 19.3 Å². The Morgan fingerprint density at radius 2 is 1.67 bits per heavy atom. The summed E-state index contributed by atoms with van der Waals surface area (Å²) in [5.41, 5.74) is 1.01. The minimum atomic E-state index is -2.37. The number of carboxylic acid groups (broad SMARTS) is 2. The van der Waals surface area contributed by atoms with Gasteiger partial charge in [0.25, 0.3) is 0 Å². The summed E-state index contributed by atoms with van der Waals surface area (Å²) in [5.74, 6) is -3.10. The molecule has 1 aromatic rings. The Hall–Kier alpha value is -2.18. The number of aryl methyl sites for hydroxylation is 1. The Labute approximate surface area is 139 Å². The highest BCUT2D eigenvalue weighted by atomic mass is 31.1. The fourth-order valence-corrected chi connectivity index (χ4v) is 2.91. The molecular weight excluding hydrogens is 339 g/mol. The van der Waals surface area contributed by atoms with Crippen LogP contribution < -0.4 is 0 Å². The van der Waals surface area contributed by atoms with E-state index >= 15 is 0 Å². The third-order valence-corrected chi connectivity index (χ3v) is 4.23. The van der Waals surface area contributed by atoms with Gasteiger partial charge in [-0.3, -0.25) is 4.57 Å². The number of carbonyl (C=O) groups excluding carboxylic acids is 1. The van der Waals surface area contributed by atoms with Gasteiger partial charge in [-0.25, -0.2) is 14.4 Å². The first-order valence-corrected chi connectivity index (χ1v) is 8.76. The summed E-state index contributed by atoms with van der Waals surface area (Å²) < 4.78 is 20.8. The number of hydrogen-bond acceptors (Lipinski definition) is 6. The van der Waals surface area contributed by atoms with Crippen molar-refractivity contribution in [1.82, 2.24) is 0 Å². The van der Waals surface area contributed by atoms with E-state index < -0.39 is 39.1 Å². The van der Waals surface area contributed by atoms with Crippen LogP contribution in [0, 0.1) is 0 Å². The van der Waals surface area contributed by atoms with Crippen molar-refractivity contribution in [1.29, 1.82) is 0 Å². The van der Waals surface area contributed by atoms with Gasteiger partial charge in [-0.1, -0.05) is 18.2 Å². The molecule has 1 rings (SSSR count). The Balaban J connectivity index is 2.45. The molecule has 132 valence electrons. The van der Waals surface area contributed by atoms with E-state index in [-0.39, 0.29) is 6.16 Å². The number of esters is 1. The SMILES string of the molecule is O=C(O)COC(=O)c1ccccc1CCCC[PH](=O)OCC(=O)O. The smallest absolute Gasteiger partial charge is 0.341 e. The van der Waals surface area contributed by atoms with Gasteiger partial charge in [0.05, 0.1) is 5.56 Å². The van der Waals surface area contributed by atoms with Crippen LogP contribution in [0.5, 0.6) is 0 Å².